The van der Waals surface area contributed by atoms with Gasteiger partial charge in [0.2, 0.25) is 0 Å². The first-order valence-corrected chi connectivity index (χ1v) is 12.1. The summed E-state index contributed by atoms with van der Waals surface area (Å²) in [6, 6.07) is 9.34. The van der Waals surface area contributed by atoms with Gasteiger partial charge in [0, 0.05) is 37.0 Å². The molecule has 0 radical (unpaired) electrons. The lowest BCUT2D eigenvalue weighted by Crippen LogP contribution is -2.24. The van der Waals surface area contributed by atoms with Crippen LogP contribution in [0.3, 0.4) is 0 Å². The summed E-state index contributed by atoms with van der Waals surface area (Å²) in [7, 11) is 0. The SMILES string of the molecule is C=CCN(CC=C)c1cc(Cl)nc(SCc2ccc(C(=O)NCCCCCCN)cc2)n1. The van der Waals surface area contributed by atoms with Crippen LogP contribution in [-0.4, -0.2) is 42.1 Å². The van der Waals surface area contributed by atoms with Gasteiger partial charge >= 0.3 is 0 Å². The van der Waals surface area contributed by atoms with Crippen molar-refractivity contribution in [3.8, 4) is 0 Å². The van der Waals surface area contributed by atoms with Crippen molar-refractivity contribution in [2.75, 3.05) is 31.1 Å². The van der Waals surface area contributed by atoms with Crippen LogP contribution in [0.4, 0.5) is 5.82 Å². The summed E-state index contributed by atoms with van der Waals surface area (Å²) in [6.07, 6.45) is 7.82. The Bertz CT molecular complexity index is 865. The van der Waals surface area contributed by atoms with E-state index < -0.39 is 0 Å². The van der Waals surface area contributed by atoms with Crippen LogP contribution in [-0.2, 0) is 5.75 Å². The average molecular weight is 474 g/mol. The first-order chi connectivity index (χ1) is 15.6. The summed E-state index contributed by atoms with van der Waals surface area (Å²) in [6.45, 7) is 10.3. The molecular weight excluding hydrogens is 442 g/mol. The van der Waals surface area contributed by atoms with Crippen molar-refractivity contribution in [2.24, 2.45) is 5.73 Å². The number of carbonyl (C=O) groups excluding carboxylic acids is 1. The monoisotopic (exact) mass is 473 g/mol. The van der Waals surface area contributed by atoms with Crippen molar-refractivity contribution < 1.29 is 4.79 Å². The van der Waals surface area contributed by atoms with Crippen molar-refractivity contribution in [3.05, 3.63) is 71.9 Å². The van der Waals surface area contributed by atoms with E-state index in [1.807, 2.05) is 41.3 Å². The minimum absolute atomic E-state index is 0.0460. The van der Waals surface area contributed by atoms with Crippen LogP contribution in [0.1, 0.15) is 41.6 Å². The minimum atomic E-state index is -0.0460. The zero-order valence-corrected chi connectivity index (χ0v) is 20.0. The zero-order chi connectivity index (χ0) is 23.2. The van der Waals surface area contributed by atoms with Gasteiger partial charge in [0.1, 0.15) is 11.0 Å². The second kappa shape index (κ2) is 14.7. The number of rotatable bonds is 15. The van der Waals surface area contributed by atoms with E-state index in [4.69, 9.17) is 17.3 Å². The van der Waals surface area contributed by atoms with E-state index in [2.05, 4.69) is 28.4 Å². The number of aromatic nitrogens is 2. The van der Waals surface area contributed by atoms with E-state index >= 15 is 0 Å². The Balaban J connectivity index is 1.89. The topological polar surface area (TPSA) is 84.1 Å². The standard InChI is InChI=1S/C24H32ClN5OS/c1-3-15-30(16-4-2)22-17-21(25)28-24(29-22)32-18-19-9-11-20(12-10-19)23(31)27-14-8-6-5-7-13-26/h3-4,9-12,17H,1-2,5-8,13-16,18,26H2,(H,27,31). The van der Waals surface area contributed by atoms with Gasteiger partial charge in [-0.05, 0) is 37.1 Å². The van der Waals surface area contributed by atoms with Gasteiger partial charge in [-0.2, -0.15) is 0 Å². The number of hydrogen-bond acceptors (Lipinski definition) is 6. The normalized spacial score (nSPS) is 10.6. The van der Waals surface area contributed by atoms with Gasteiger partial charge in [0.05, 0.1) is 0 Å². The van der Waals surface area contributed by atoms with Gasteiger partial charge in [0.25, 0.3) is 5.91 Å². The van der Waals surface area contributed by atoms with E-state index in [0.717, 1.165) is 43.6 Å². The fourth-order valence-corrected chi connectivity index (χ4v) is 4.05. The molecule has 1 heterocycles. The number of halogens is 1. The molecule has 0 aliphatic carbocycles. The van der Waals surface area contributed by atoms with Crippen molar-refractivity contribution in [1.82, 2.24) is 15.3 Å². The quantitative estimate of drug-likeness (QED) is 0.126. The van der Waals surface area contributed by atoms with Crippen LogP contribution in [0.5, 0.6) is 0 Å². The molecule has 2 rings (SSSR count). The third kappa shape index (κ3) is 9.02. The molecule has 0 saturated heterocycles. The number of thioether (sulfide) groups is 1. The van der Waals surface area contributed by atoms with Crippen LogP contribution in [0, 0.1) is 0 Å². The maximum atomic E-state index is 12.3. The third-order valence-electron chi connectivity index (χ3n) is 4.68. The van der Waals surface area contributed by atoms with Crippen LogP contribution in [0.2, 0.25) is 5.15 Å². The number of nitrogens with one attached hydrogen (secondary N) is 1. The molecule has 0 fully saturated rings. The van der Waals surface area contributed by atoms with Gasteiger partial charge in [-0.25, -0.2) is 9.97 Å². The van der Waals surface area contributed by atoms with Crippen LogP contribution >= 0.6 is 23.4 Å². The second-order valence-corrected chi connectivity index (χ2v) is 8.59. The highest BCUT2D eigenvalue weighted by Crippen LogP contribution is 2.25. The molecule has 1 amide bonds. The second-order valence-electron chi connectivity index (χ2n) is 7.26. The number of anilines is 1. The highest BCUT2D eigenvalue weighted by atomic mass is 35.5. The Morgan fingerprint density at radius 3 is 2.44 bits per heavy atom. The van der Waals surface area contributed by atoms with Crippen LogP contribution < -0.4 is 16.0 Å². The largest absolute Gasteiger partial charge is 0.352 e. The molecule has 0 atom stereocenters. The fourth-order valence-electron chi connectivity index (χ4n) is 3.01. The molecule has 0 aliphatic rings. The molecule has 2 aromatic rings. The summed E-state index contributed by atoms with van der Waals surface area (Å²) >= 11 is 7.71. The number of unbranched alkanes of at least 4 members (excludes halogenated alkanes) is 3. The number of carbonyl (C=O) groups is 1. The molecule has 8 heteroatoms. The average Bonchev–Trinajstić information content (AvgIpc) is 2.79. The molecule has 1 aromatic carbocycles. The fraction of sp³-hybridized carbons (Fsp3) is 0.375. The van der Waals surface area contributed by atoms with Gasteiger partial charge < -0.3 is 16.0 Å². The van der Waals surface area contributed by atoms with Gasteiger partial charge in [0.15, 0.2) is 5.16 Å². The number of nitrogens with two attached hydrogens (primary N) is 1. The lowest BCUT2D eigenvalue weighted by molar-refractivity contribution is 0.0953. The molecule has 32 heavy (non-hydrogen) atoms. The Morgan fingerprint density at radius 2 is 1.78 bits per heavy atom. The molecule has 172 valence electrons. The van der Waals surface area contributed by atoms with Crippen molar-refractivity contribution in [2.45, 2.75) is 36.6 Å². The molecule has 0 unspecified atom stereocenters. The summed E-state index contributed by atoms with van der Waals surface area (Å²) < 4.78 is 0. The number of benzene rings is 1. The highest BCUT2D eigenvalue weighted by Gasteiger charge is 2.10. The maximum Gasteiger partial charge on any atom is 0.251 e. The molecule has 1 aromatic heterocycles. The Kier molecular flexibility index (Phi) is 11.9. The van der Waals surface area contributed by atoms with E-state index in [9.17, 15) is 4.79 Å². The Hall–Kier alpha value is -2.35. The maximum absolute atomic E-state index is 12.3. The van der Waals surface area contributed by atoms with E-state index in [1.165, 1.54) is 11.8 Å². The van der Waals surface area contributed by atoms with Gasteiger partial charge in [-0.3, -0.25) is 4.79 Å². The molecule has 0 saturated carbocycles. The van der Waals surface area contributed by atoms with Gasteiger partial charge in [-0.15, -0.1) is 13.2 Å². The molecular formula is C24H32ClN5OS. The van der Waals surface area contributed by atoms with E-state index in [-0.39, 0.29) is 5.91 Å². The first kappa shape index (κ1) is 25.9. The summed E-state index contributed by atoms with van der Waals surface area (Å²) in [4.78, 5) is 23.2. The van der Waals surface area contributed by atoms with Crippen molar-refractivity contribution >= 4 is 35.1 Å². The Morgan fingerprint density at radius 1 is 1.09 bits per heavy atom. The summed E-state index contributed by atoms with van der Waals surface area (Å²) in [5, 5.41) is 3.96. The molecule has 0 spiro atoms. The van der Waals surface area contributed by atoms with Crippen molar-refractivity contribution in [3.63, 3.8) is 0 Å². The minimum Gasteiger partial charge on any atom is -0.352 e. The van der Waals surface area contributed by atoms with E-state index in [0.29, 0.717) is 41.3 Å². The molecule has 0 bridgehead atoms. The Labute approximate surface area is 200 Å². The summed E-state index contributed by atoms with van der Waals surface area (Å²) in [5.41, 5.74) is 7.22. The predicted molar refractivity (Wildman–Crippen MR) is 136 cm³/mol. The predicted octanol–water partition coefficient (Wildman–Crippen LogP) is 4.85. The molecule has 0 aliphatic heterocycles. The molecule has 6 nitrogen and oxygen atoms in total. The first-order valence-electron chi connectivity index (χ1n) is 10.8. The number of amides is 1. The lowest BCUT2D eigenvalue weighted by atomic mass is 10.1. The van der Waals surface area contributed by atoms with E-state index in [1.54, 1.807) is 6.07 Å². The van der Waals surface area contributed by atoms with Gasteiger partial charge in [-0.1, -0.05) is 60.5 Å². The highest BCUT2D eigenvalue weighted by molar-refractivity contribution is 7.98. The smallest absolute Gasteiger partial charge is 0.251 e. The number of hydrogen-bond donors (Lipinski definition) is 2. The number of nitrogens with zero attached hydrogens (tertiary/aromatic N) is 3. The molecule has 3 N–H and O–H groups in total. The third-order valence-corrected chi connectivity index (χ3v) is 5.80. The lowest BCUT2D eigenvalue weighted by Gasteiger charge is -2.20. The van der Waals surface area contributed by atoms with Crippen LogP contribution in [0.25, 0.3) is 0 Å². The van der Waals surface area contributed by atoms with Crippen LogP contribution in [0.15, 0.2) is 60.8 Å². The summed E-state index contributed by atoms with van der Waals surface area (Å²) in [5.74, 6) is 1.36. The zero-order valence-electron chi connectivity index (χ0n) is 18.4. The van der Waals surface area contributed by atoms with Crippen molar-refractivity contribution in [1.29, 1.82) is 0 Å².